The van der Waals surface area contributed by atoms with Crippen LogP contribution in [0.25, 0.3) is 0 Å². The van der Waals surface area contributed by atoms with Crippen molar-refractivity contribution in [3.8, 4) is 0 Å². The summed E-state index contributed by atoms with van der Waals surface area (Å²) in [5.41, 5.74) is 0.193. The molecule has 2 aliphatic carbocycles. The van der Waals surface area contributed by atoms with E-state index in [1.807, 2.05) is 0 Å². The van der Waals surface area contributed by atoms with E-state index in [4.69, 9.17) is 18.9 Å². The number of carbonyl (C=O) groups excluding carboxylic acids is 3. The molecular formula is C21H30O7. The van der Waals surface area contributed by atoms with E-state index in [-0.39, 0.29) is 35.3 Å². The van der Waals surface area contributed by atoms with Crippen molar-refractivity contribution < 1.29 is 33.3 Å². The van der Waals surface area contributed by atoms with Crippen molar-refractivity contribution in [1.29, 1.82) is 0 Å². The largest absolute Gasteiger partial charge is 0.462 e. The lowest BCUT2D eigenvalue weighted by Crippen LogP contribution is -2.63. The Hall–Kier alpha value is -1.89. The second-order valence-corrected chi connectivity index (χ2v) is 8.95. The number of hydrogen-bond acceptors (Lipinski definition) is 7. The smallest absolute Gasteiger partial charge is 0.304 e. The van der Waals surface area contributed by atoms with Crippen LogP contribution in [0.3, 0.4) is 0 Å². The molecule has 1 saturated carbocycles. The Morgan fingerprint density at radius 1 is 0.964 bits per heavy atom. The van der Waals surface area contributed by atoms with Gasteiger partial charge in [0.05, 0.1) is 12.5 Å². The molecule has 1 aliphatic heterocycles. The van der Waals surface area contributed by atoms with Gasteiger partial charge in [0.2, 0.25) is 6.29 Å². The topological polar surface area (TPSA) is 88.1 Å². The summed E-state index contributed by atoms with van der Waals surface area (Å²) < 4.78 is 22.7. The van der Waals surface area contributed by atoms with Crippen molar-refractivity contribution in [1.82, 2.24) is 0 Å². The van der Waals surface area contributed by atoms with Crippen molar-refractivity contribution in [3.63, 3.8) is 0 Å². The van der Waals surface area contributed by atoms with Crippen LogP contribution in [0.2, 0.25) is 0 Å². The van der Waals surface area contributed by atoms with Gasteiger partial charge in [-0.2, -0.15) is 0 Å². The third-order valence-electron chi connectivity index (χ3n) is 6.87. The molecule has 6 atom stereocenters. The van der Waals surface area contributed by atoms with Crippen molar-refractivity contribution >= 4 is 17.9 Å². The quantitative estimate of drug-likeness (QED) is 0.413. The first-order valence-corrected chi connectivity index (χ1v) is 9.80. The molecule has 3 aliphatic rings. The Bertz CT molecular complexity index is 710. The Morgan fingerprint density at radius 3 is 2.11 bits per heavy atom. The highest BCUT2D eigenvalue weighted by Crippen LogP contribution is 2.63. The number of esters is 3. The van der Waals surface area contributed by atoms with Gasteiger partial charge in [-0.1, -0.05) is 26.8 Å². The molecule has 0 N–H and O–H groups in total. The summed E-state index contributed by atoms with van der Waals surface area (Å²) >= 11 is 0. The number of fused-ring (bicyclic) bond motifs is 3. The highest BCUT2D eigenvalue weighted by Gasteiger charge is 2.65. The van der Waals surface area contributed by atoms with Gasteiger partial charge in [-0.05, 0) is 17.9 Å². The zero-order valence-electron chi connectivity index (χ0n) is 17.4. The maximum absolute atomic E-state index is 11.9. The third kappa shape index (κ3) is 3.34. The SMILES string of the molecule is CC(=O)OC1OCC2=CCC3C(C)(C)C(OC(C)=O)CC(OC(C)=O)C3(C)C21. The molecule has 3 rings (SSSR count). The molecule has 0 amide bonds. The van der Waals surface area contributed by atoms with Crippen LogP contribution in [-0.4, -0.2) is 43.0 Å². The minimum absolute atomic E-state index is 0.0379. The van der Waals surface area contributed by atoms with Gasteiger partial charge in [0, 0.05) is 38.0 Å². The molecule has 0 aromatic carbocycles. The zero-order valence-corrected chi connectivity index (χ0v) is 17.4. The number of ether oxygens (including phenoxy) is 4. The maximum atomic E-state index is 11.9. The minimum atomic E-state index is -0.712. The van der Waals surface area contributed by atoms with E-state index in [1.165, 1.54) is 20.8 Å². The predicted octanol–water partition coefficient (Wildman–Crippen LogP) is 2.77. The molecule has 7 heteroatoms. The molecule has 1 saturated heterocycles. The average Bonchev–Trinajstić information content (AvgIpc) is 2.95. The monoisotopic (exact) mass is 394 g/mol. The number of allylic oxidation sites excluding steroid dienone is 1. The fourth-order valence-electron chi connectivity index (χ4n) is 5.71. The maximum Gasteiger partial charge on any atom is 0.304 e. The van der Waals surface area contributed by atoms with E-state index in [9.17, 15) is 14.4 Å². The summed E-state index contributed by atoms with van der Waals surface area (Å²) in [6.07, 6.45) is 1.72. The molecule has 6 unspecified atom stereocenters. The van der Waals surface area contributed by atoms with E-state index in [0.29, 0.717) is 13.0 Å². The average molecular weight is 394 g/mol. The summed E-state index contributed by atoms with van der Waals surface area (Å²) in [5, 5.41) is 0. The lowest BCUT2D eigenvalue weighted by atomic mass is 9.46. The first-order chi connectivity index (χ1) is 13.0. The lowest BCUT2D eigenvalue weighted by Gasteiger charge is -2.60. The van der Waals surface area contributed by atoms with Gasteiger partial charge in [-0.3, -0.25) is 14.4 Å². The molecular weight excluding hydrogens is 364 g/mol. The zero-order chi connectivity index (χ0) is 20.9. The Balaban J connectivity index is 2.06. The minimum Gasteiger partial charge on any atom is -0.462 e. The molecule has 2 fully saturated rings. The van der Waals surface area contributed by atoms with Crippen molar-refractivity contribution in [2.24, 2.45) is 22.7 Å². The standard InChI is InChI=1S/C21H30O7/c1-11(22)26-16-9-17(27-12(2)23)21(6)15(20(16,4)5)8-7-14-10-25-19(18(14)21)28-13(3)24/h7,15-19H,8-10H2,1-6H3. The summed E-state index contributed by atoms with van der Waals surface area (Å²) in [4.78, 5) is 35.2. The van der Waals surface area contributed by atoms with Gasteiger partial charge in [-0.25, -0.2) is 0 Å². The van der Waals surface area contributed by atoms with Crippen molar-refractivity contribution in [2.75, 3.05) is 6.61 Å². The first kappa shape index (κ1) is 20.8. The van der Waals surface area contributed by atoms with Crippen LogP contribution in [0.1, 0.15) is 54.4 Å². The lowest BCUT2D eigenvalue weighted by molar-refractivity contribution is -0.232. The number of rotatable bonds is 3. The van der Waals surface area contributed by atoms with Crippen molar-refractivity contribution in [3.05, 3.63) is 11.6 Å². The highest BCUT2D eigenvalue weighted by molar-refractivity contribution is 5.67. The van der Waals surface area contributed by atoms with E-state index in [2.05, 4.69) is 26.8 Å². The van der Waals surface area contributed by atoms with Gasteiger partial charge < -0.3 is 18.9 Å². The first-order valence-electron chi connectivity index (χ1n) is 9.80. The Kier molecular flexibility index (Phi) is 5.34. The highest BCUT2D eigenvalue weighted by atomic mass is 16.7. The molecule has 0 radical (unpaired) electrons. The van der Waals surface area contributed by atoms with Crippen LogP contribution in [0.15, 0.2) is 11.6 Å². The van der Waals surface area contributed by atoms with E-state index >= 15 is 0 Å². The third-order valence-corrected chi connectivity index (χ3v) is 6.87. The molecule has 156 valence electrons. The molecule has 0 aromatic heterocycles. The summed E-state index contributed by atoms with van der Waals surface area (Å²) in [6, 6.07) is 0. The Labute approximate surface area is 165 Å². The van der Waals surface area contributed by atoms with Crippen LogP contribution in [0, 0.1) is 22.7 Å². The Morgan fingerprint density at radius 2 is 1.54 bits per heavy atom. The molecule has 28 heavy (non-hydrogen) atoms. The molecule has 0 spiro atoms. The molecule has 7 nitrogen and oxygen atoms in total. The molecule has 1 heterocycles. The van der Waals surface area contributed by atoms with E-state index in [1.54, 1.807) is 0 Å². The second-order valence-electron chi connectivity index (χ2n) is 8.95. The molecule has 0 aromatic rings. The van der Waals surface area contributed by atoms with Gasteiger partial charge in [0.15, 0.2) is 0 Å². The van der Waals surface area contributed by atoms with Gasteiger partial charge >= 0.3 is 17.9 Å². The van der Waals surface area contributed by atoms with Crippen LogP contribution < -0.4 is 0 Å². The van der Waals surface area contributed by atoms with Gasteiger partial charge in [0.1, 0.15) is 12.2 Å². The summed E-state index contributed by atoms with van der Waals surface area (Å²) in [5.74, 6) is -1.32. The number of hydrogen-bond donors (Lipinski definition) is 0. The van der Waals surface area contributed by atoms with E-state index in [0.717, 1.165) is 12.0 Å². The van der Waals surface area contributed by atoms with Crippen molar-refractivity contribution in [2.45, 2.75) is 72.9 Å². The fraction of sp³-hybridized carbons (Fsp3) is 0.762. The van der Waals surface area contributed by atoms with Gasteiger partial charge in [0.25, 0.3) is 0 Å². The summed E-state index contributed by atoms with van der Waals surface area (Å²) in [6.45, 7) is 10.8. The van der Waals surface area contributed by atoms with Crippen LogP contribution in [0.5, 0.6) is 0 Å². The predicted molar refractivity (Wildman–Crippen MR) is 98.8 cm³/mol. The summed E-state index contributed by atoms with van der Waals surface area (Å²) in [7, 11) is 0. The number of carbonyl (C=O) groups is 3. The molecule has 0 bridgehead atoms. The van der Waals surface area contributed by atoms with Gasteiger partial charge in [-0.15, -0.1) is 0 Å². The van der Waals surface area contributed by atoms with Crippen LogP contribution in [-0.2, 0) is 33.3 Å². The normalized spacial score (nSPS) is 38.5. The van der Waals surface area contributed by atoms with E-state index < -0.39 is 23.8 Å². The van der Waals surface area contributed by atoms with Crippen LogP contribution >= 0.6 is 0 Å². The second kappa shape index (κ2) is 7.17. The fourth-order valence-corrected chi connectivity index (χ4v) is 5.71. The van der Waals surface area contributed by atoms with Crippen LogP contribution in [0.4, 0.5) is 0 Å².